The minimum atomic E-state index is -0.539. The van der Waals surface area contributed by atoms with Gasteiger partial charge in [-0.25, -0.2) is 0 Å². The zero-order valence-electron chi connectivity index (χ0n) is 13.1. The predicted octanol–water partition coefficient (Wildman–Crippen LogP) is 1.17. The number of hydrogen-bond donors (Lipinski definition) is 2. The van der Waals surface area contributed by atoms with Gasteiger partial charge in [0, 0.05) is 18.7 Å². The monoisotopic (exact) mass is 291 g/mol. The van der Waals surface area contributed by atoms with Crippen molar-refractivity contribution in [3.05, 3.63) is 35.4 Å². The maximum Gasteiger partial charge on any atom is 0.252 e. The van der Waals surface area contributed by atoms with Gasteiger partial charge in [-0.2, -0.15) is 0 Å². The topological polar surface area (TPSA) is 75.4 Å². The standard InChI is InChI=1S/C16H25N3O2/c1-4-19(5-2)16(21)12(3)18-15(20)14-9-7-6-8-13(14)10-11-17/h6-9,12H,4-5,10-11,17H2,1-3H3,(H,18,20). The van der Waals surface area contributed by atoms with Crippen molar-refractivity contribution >= 4 is 11.8 Å². The minimum Gasteiger partial charge on any atom is -0.341 e. The third kappa shape index (κ3) is 4.56. The van der Waals surface area contributed by atoms with Gasteiger partial charge in [-0.1, -0.05) is 18.2 Å². The zero-order valence-corrected chi connectivity index (χ0v) is 13.1. The van der Waals surface area contributed by atoms with Gasteiger partial charge in [-0.15, -0.1) is 0 Å². The zero-order chi connectivity index (χ0) is 15.8. The van der Waals surface area contributed by atoms with Crippen molar-refractivity contribution in [2.75, 3.05) is 19.6 Å². The summed E-state index contributed by atoms with van der Waals surface area (Å²) in [4.78, 5) is 26.2. The second-order valence-electron chi connectivity index (χ2n) is 4.90. The number of amides is 2. The average Bonchev–Trinajstić information content (AvgIpc) is 2.49. The van der Waals surface area contributed by atoms with E-state index in [0.29, 0.717) is 31.6 Å². The van der Waals surface area contributed by atoms with E-state index in [0.717, 1.165) is 5.56 Å². The molecular weight excluding hydrogens is 266 g/mol. The second-order valence-corrected chi connectivity index (χ2v) is 4.90. The molecular formula is C16H25N3O2. The van der Waals surface area contributed by atoms with E-state index >= 15 is 0 Å². The molecule has 0 bridgehead atoms. The first-order chi connectivity index (χ1) is 10.0. The normalized spacial score (nSPS) is 11.8. The summed E-state index contributed by atoms with van der Waals surface area (Å²) in [5, 5.41) is 2.77. The molecule has 1 unspecified atom stereocenters. The molecule has 0 fully saturated rings. The third-order valence-electron chi connectivity index (χ3n) is 3.47. The molecule has 116 valence electrons. The van der Waals surface area contributed by atoms with Crippen LogP contribution in [0.3, 0.4) is 0 Å². The van der Waals surface area contributed by atoms with Crippen LogP contribution >= 0.6 is 0 Å². The van der Waals surface area contributed by atoms with Crippen molar-refractivity contribution < 1.29 is 9.59 Å². The Morgan fingerprint density at radius 2 is 1.86 bits per heavy atom. The molecule has 0 aromatic heterocycles. The van der Waals surface area contributed by atoms with E-state index in [1.54, 1.807) is 17.9 Å². The highest BCUT2D eigenvalue weighted by molar-refractivity contribution is 5.98. The number of carbonyl (C=O) groups excluding carboxylic acids is 2. The summed E-state index contributed by atoms with van der Waals surface area (Å²) in [6.45, 7) is 7.32. The number of likely N-dealkylation sites (N-methyl/N-ethyl adjacent to an activating group) is 1. The first-order valence-corrected chi connectivity index (χ1v) is 7.42. The lowest BCUT2D eigenvalue weighted by molar-refractivity contribution is -0.132. The van der Waals surface area contributed by atoms with Crippen molar-refractivity contribution in [2.24, 2.45) is 5.73 Å². The van der Waals surface area contributed by atoms with Crippen molar-refractivity contribution in [1.29, 1.82) is 0 Å². The predicted molar refractivity (Wildman–Crippen MR) is 84.1 cm³/mol. The Balaban J connectivity index is 2.79. The number of benzene rings is 1. The van der Waals surface area contributed by atoms with Crippen LogP contribution in [0.25, 0.3) is 0 Å². The number of rotatable bonds is 7. The molecule has 0 heterocycles. The van der Waals surface area contributed by atoms with Crippen LogP contribution in [0.1, 0.15) is 36.7 Å². The Hall–Kier alpha value is -1.88. The van der Waals surface area contributed by atoms with E-state index in [-0.39, 0.29) is 11.8 Å². The molecule has 3 N–H and O–H groups in total. The Morgan fingerprint density at radius 3 is 2.43 bits per heavy atom. The SMILES string of the molecule is CCN(CC)C(=O)C(C)NC(=O)c1ccccc1CCN. The van der Waals surface area contributed by atoms with Gasteiger partial charge < -0.3 is 16.0 Å². The van der Waals surface area contributed by atoms with Crippen LogP contribution in [0.5, 0.6) is 0 Å². The van der Waals surface area contributed by atoms with Crippen LogP contribution in [-0.2, 0) is 11.2 Å². The number of carbonyl (C=O) groups is 2. The number of hydrogen-bond acceptors (Lipinski definition) is 3. The Kier molecular flexibility index (Phi) is 6.88. The summed E-state index contributed by atoms with van der Waals surface area (Å²) >= 11 is 0. The van der Waals surface area contributed by atoms with Gasteiger partial charge in [0.15, 0.2) is 0 Å². The van der Waals surface area contributed by atoms with Crippen LogP contribution in [0.4, 0.5) is 0 Å². The molecule has 0 saturated heterocycles. The molecule has 5 nitrogen and oxygen atoms in total. The number of nitrogens with zero attached hydrogens (tertiary/aromatic N) is 1. The fraction of sp³-hybridized carbons (Fsp3) is 0.500. The van der Waals surface area contributed by atoms with Gasteiger partial charge in [0.1, 0.15) is 6.04 Å². The fourth-order valence-corrected chi connectivity index (χ4v) is 2.26. The van der Waals surface area contributed by atoms with E-state index in [1.807, 2.05) is 32.0 Å². The maximum absolute atomic E-state index is 12.3. The molecule has 0 saturated carbocycles. The van der Waals surface area contributed by atoms with Crippen molar-refractivity contribution in [3.8, 4) is 0 Å². The molecule has 1 atom stereocenters. The number of nitrogens with two attached hydrogens (primary N) is 1. The molecule has 0 aliphatic heterocycles. The molecule has 0 aliphatic rings. The lowest BCUT2D eigenvalue weighted by atomic mass is 10.0. The van der Waals surface area contributed by atoms with Gasteiger partial charge in [0.05, 0.1) is 0 Å². The number of nitrogens with one attached hydrogen (secondary N) is 1. The Morgan fingerprint density at radius 1 is 1.24 bits per heavy atom. The van der Waals surface area contributed by atoms with E-state index in [4.69, 9.17) is 5.73 Å². The van der Waals surface area contributed by atoms with Gasteiger partial charge >= 0.3 is 0 Å². The van der Waals surface area contributed by atoms with Gasteiger partial charge in [-0.05, 0) is 45.4 Å². The average molecular weight is 291 g/mol. The highest BCUT2D eigenvalue weighted by Gasteiger charge is 2.21. The first-order valence-electron chi connectivity index (χ1n) is 7.42. The van der Waals surface area contributed by atoms with Crippen molar-refractivity contribution in [1.82, 2.24) is 10.2 Å². The molecule has 0 aliphatic carbocycles. The molecule has 1 rings (SSSR count). The maximum atomic E-state index is 12.3. The smallest absolute Gasteiger partial charge is 0.252 e. The minimum absolute atomic E-state index is 0.0651. The molecule has 0 spiro atoms. The van der Waals surface area contributed by atoms with Gasteiger partial charge in [0.25, 0.3) is 5.91 Å². The Bertz CT molecular complexity index is 484. The van der Waals surface area contributed by atoms with E-state index < -0.39 is 6.04 Å². The van der Waals surface area contributed by atoms with Gasteiger partial charge in [-0.3, -0.25) is 9.59 Å². The lowest BCUT2D eigenvalue weighted by Crippen LogP contribution is -2.47. The van der Waals surface area contributed by atoms with Crippen molar-refractivity contribution in [3.63, 3.8) is 0 Å². The molecule has 2 amide bonds. The van der Waals surface area contributed by atoms with Crippen LogP contribution in [0.15, 0.2) is 24.3 Å². The molecule has 1 aromatic carbocycles. The largest absolute Gasteiger partial charge is 0.341 e. The Labute approximate surface area is 126 Å². The highest BCUT2D eigenvalue weighted by atomic mass is 16.2. The van der Waals surface area contributed by atoms with Crippen LogP contribution in [-0.4, -0.2) is 42.4 Å². The summed E-state index contributed by atoms with van der Waals surface area (Å²) in [5.74, 6) is -0.295. The van der Waals surface area contributed by atoms with E-state index in [9.17, 15) is 9.59 Å². The van der Waals surface area contributed by atoms with Crippen LogP contribution < -0.4 is 11.1 Å². The summed E-state index contributed by atoms with van der Waals surface area (Å²) < 4.78 is 0. The quantitative estimate of drug-likeness (QED) is 0.792. The summed E-state index contributed by atoms with van der Waals surface area (Å²) in [5.41, 5.74) is 7.05. The van der Waals surface area contributed by atoms with Gasteiger partial charge in [0.2, 0.25) is 5.91 Å². The van der Waals surface area contributed by atoms with Crippen LogP contribution in [0.2, 0.25) is 0 Å². The van der Waals surface area contributed by atoms with E-state index in [1.165, 1.54) is 0 Å². The second kappa shape index (κ2) is 8.42. The summed E-state index contributed by atoms with van der Waals surface area (Å²) in [6, 6.07) is 6.80. The van der Waals surface area contributed by atoms with E-state index in [2.05, 4.69) is 5.32 Å². The highest BCUT2D eigenvalue weighted by Crippen LogP contribution is 2.09. The fourth-order valence-electron chi connectivity index (χ4n) is 2.26. The van der Waals surface area contributed by atoms with Crippen molar-refractivity contribution in [2.45, 2.75) is 33.2 Å². The lowest BCUT2D eigenvalue weighted by Gasteiger charge is -2.23. The first kappa shape index (κ1) is 17.2. The van der Waals surface area contributed by atoms with Crippen LogP contribution in [0, 0.1) is 0 Å². The molecule has 21 heavy (non-hydrogen) atoms. The molecule has 0 radical (unpaired) electrons. The summed E-state index contributed by atoms with van der Waals surface area (Å²) in [6.07, 6.45) is 0.641. The molecule has 5 heteroatoms. The molecule has 1 aromatic rings. The third-order valence-corrected chi connectivity index (χ3v) is 3.47. The summed E-state index contributed by atoms with van der Waals surface area (Å²) in [7, 11) is 0.